The van der Waals surface area contributed by atoms with E-state index in [1.54, 1.807) is 0 Å². The van der Waals surface area contributed by atoms with E-state index >= 15 is 0 Å². The molecule has 1 aromatic rings. The molecule has 0 aliphatic carbocycles. The van der Waals surface area contributed by atoms with Gasteiger partial charge in [0.25, 0.3) is 5.09 Å². The number of alkyl halides is 3. The van der Waals surface area contributed by atoms with Gasteiger partial charge in [-0.1, -0.05) is 11.6 Å². The standard InChI is InChI=1S/C14H11ClF3NO6/c1-2-23-13(20)10-5-7-3-9(15)4-8(6-24-19(21)22)11(7)25-12(10)14(16,17)18/h3-5,12H,2,6H2,1H3. The lowest BCUT2D eigenvalue weighted by atomic mass is 9.99. The topological polar surface area (TPSA) is 87.9 Å². The van der Waals surface area contributed by atoms with Gasteiger partial charge in [-0.3, -0.25) is 0 Å². The van der Waals surface area contributed by atoms with Crippen LogP contribution in [0.2, 0.25) is 5.02 Å². The Morgan fingerprint density at radius 2 is 2.12 bits per heavy atom. The van der Waals surface area contributed by atoms with Crippen LogP contribution in [0.5, 0.6) is 5.75 Å². The second-order valence-electron chi connectivity index (χ2n) is 4.84. The minimum atomic E-state index is -4.91. The van der Waals surface area contributed by atoms with Gasteiger partial charge in [-0.15, -0.1) is 10.1 Å². The molecule has 0 bridgehead atoms. The van der Waals surface area contributed by atoms with Crippen molar-refractivity contribution < 1.29 is 37.4 Å². The summed E-state index contributed by atoms with van der Waals surface area (Å²) in [5.74, 6) is -1.49. The molecule has 1 aliphatic rings. The van der Waals surface area contributed by atoms with E-state index in [4.69, 9.17) is 16.3 Å². The molecule has 1 aliphatic heterocycles. The summed E-state index contributed by atoms with van der Waals surface area (Å²) in [7, 11) is 0. The van der Waals surface area contributed by atoms with Crippen molar-refractivity contribution >= 4 is 23.6 Å². The predicted octanol–water partition coefficient (Wildman–Crippen LogP) is 3.32. The molecule has 0 saturated heterocycles. The van der Waals surface area contributed by atoms with Crippen molar-refractivity contribution in [2.45, 2.75) is 25.8 Å². The maximum Gasteiger partial charge on any atom is 0.430 e. The van der Waals surface area contributed by atoms with Crippen LogP contribution < -0.4 is 4.74 Å². The normalized spacial score (nSPS) is 16.4. The van der Waals surface area contributed by atoms with Gasteiger partial charge in [0.1, 0.15) is 12.4 Å². The molecule has 0 aromatic heterocycles. The number of fused-ring (bicyclic) bond motifs is 1. The summed E-state index contributed by atoms with van der Waals surface area (Å²) < 4.78 is 49.4. The number of carbonyl (C=O) groups is 1. The van der Waals surface area contributed by atoms with Crippen LogP contribution in [0.4, 0.5) is 13.2 Å². The Kier molecular flexibility index (Phi) is 5.41. The van der Waals surface area contributed by atoms with Gasteiger partial charge >= 0.3 is 12.1 Å². The third-order valence-electron chi connectivity index (χ3n) is 3.12. The van der Waals surface area contributed by atoms with E-state index in [0.717, 1.165) is 6.08 Å². The molecule has 0 fully saturated rings. The van der Waals surface area contributed by atoms with Crippen LogP contribution in [-0.4, -0.2) is 29.9 Å². The number of halogens is 4. The smallest absolute Gasteiger partial charge is 0.430 e. The van der Waals surface area contributed by atoms with Gasteiger partial charge in [-0.05, 0) is 25.1 Å². The molecule has 2 rings (SSSR count). The molecule has 0 N–H and O–H groups in total. The number of rotatable bonds is 5. The van der Waals surface area contributed by atoms with E-state index in [9.17, 15) is 28.1 Å². The van der Waals surface area contributed by atoms with Gasteiger partial charge in [0.15, 0.2) is 0 Å². The van der Waals surface area contributed by atoms with Crippen LogP contribution >= 0.6 is 11.6 Å². The lowest BCUT2D eigenvalue weighted by molar-refractivity contribution is -0.763. The molecule has 1 unspecified atom stereocenters. The van der Waals surface area contributed by atoms with E-state index in [2.05, 4.69) is 9.57 Å². The first kappa shape index (κ1) is 18.8. The second-order valence-corrected chi connectivity index (χ2v) is 5.28. The van der Waals surface area contributed by atoms with Crippen molar-refractivity contribution in [1.29, 1.82) is 0 Å². The summed E-state index contributed by atoms with van der Waals surface area (Å²) >= 11 is 5.86. The molecular formula is C14H11ClF3NO6. The fraction of sp³-hybridized carbons (Fsp3) is 0.357. The van der Waals surface area contributed by atoms with E-state index < -0.39 is 35.5 Å². The van der Waals surface area contributed by atoms with Crippen LogP contribution in [0.15, 0.2) is 17.7 Å². The first-order valence-electron chi connectivity index (χ1n) is 6.85. The highest BCUT2D eigenvalue weighted by Crippen LogP contribution is 2.41. The Morgan fingerprint density at radius 3 is 2.68 bits per heavy atom. The molecule has 136 valence electrons. The number of nitrogens with zero attached hydrogens (tertiary/aromatic N) is 1. The Morgan fingerprint density at radius 1 is 1.44 bits per heavy atom. The zero-order valence-corrected chi connectivity index (χ0v) is 13.4. The Hall–Kier alpha value is -2.49. The molecule has 0 radical (unpaired) electrons. The lowest BCUT2D eigenvalue weighted by Gasteiger charge is -2.29. The molecule has 1 aromatic carbocycles. The fourth-order valence-corrected chi connectivity index (χ4v) is 2.45. The molecule has 11 heteroatoms. The van der Waals surface area contributed by atoms with Crippen LogP contribution in [-0.2, 0) is 21.0 Å². The van der Waals surface area contributed by atoms with E-state index in [-0.39, 0.29) is 28.5 Å². The molecule has 7 nitrogen and oxygen atoms in total. The van der Waals surface area contributed by atoms with Crippen LogP contribution in [0.1, 0.15) is 18.1 Å². The van der Waals surface area contributed by atoms with Crippen molar-refractivity contribution in [1.82, 2.24) is 0 Å². The monoisotopic (exact) mass is 381 g/mol. The molecule has 0 amide bonds. The summed E-state index contributed by atoms with van der Waals surface area (Å²) in [6.45, 7) is 0.663. The first-order valence-corrected chi connectivity index (χ1v) is 7.23. The molecule has 1 heterocycles. The molecule has 1 atom stereocenters. The Balaban J connectivity index is 2.53. The third-order valence-corrected chi connectivity index (χ3v) is 3.34. The maximum atomic E-state index is 13.3. The van der Waals surface area contributed by atoms with Crippen LogP contribution in [0, 0.1) is 10.1 Å². The van der Waals surface area contributed by atoms with Gasteiger partial charge in [-0.2, -0.15) is 13.2 Å². The number of hydrogen-bond acceptors (Lipinski definition) is 6. The maximum absolute atomic E-state index is 13.3. The highest BCUT2D eigenvalue weighted by atomic mass is 35.5. The fourth-order valence-electron chi connectivity index (χ4n) is 2.20. The molecule has 0 spiro atoms. The van der Waals surface area contributed by atoms with Gasteiger partial charge in [0.05, 0.1) is 12.2 Å². The minimum absolute atomic E-state index is 0.0537. The summed E-state index contributed by atoms with van der Waals surface area (Å²) in [6.07, 6.45) is -6.54. The van der Waals surface area contributed by atoms with Crippen LogP contribution in [0.25, 0.3) is 6.08 Å². The summed E-state index contributed by atoms with van der Waals surface area (Å²) in [5, 5.41) is 9.30. The van der Waals surface area contributed by atoms with Crippen molar-refractivity contribution in [2.24, 2.45) is 0 Å². The molecule has 25 heavy (non-hydrogen) atoms. The van der Waals surface area contributed by atoms with E-state index in [1.165, 1.54) is 19.1 Å². The van der Waals surface area contributed by atoms with Crippen molar-refractivity contribution in [3.63, 3.8) is 0 Å². The van der Waals surface area contributed by atoms with E-state index in [0.29, 0.717) is 0 Å². The van der Waals surface area contributed by atoms with Gasteiger partial charge in [-0.25, -0.2) is 4.79 Å². The summed E-state index contributed by atoms with van der Waals surface area (Å²) in [6, 6.07) is 2.44. The lowest BCUT2D eigenvalue weighted by Crippen LogP contribution is -2.41. The van der Waals surface area contributed by atoms with Crippen molar-refractivity contribution in [2.75, 3.05) is 6.61 Å². The van der Waals surface area contributed by atoms with Crippen LogP contribution in [0.3, 0.4) is 0 Å². The van der Waals surface area contributed by atoms with Gasteiger partial charge < -0.3 is 14.3 Å². The SMILES string of the molecule is CCOC(=O)C1=Cc2cc(Cl)cc(CO[N+](=O)[O-])c2OC1C(F)(F)F. The van der Waals surface area contributed by atoms with Crippen molar-refractivity contribution in [3.05, 3.63) is 44.0 Å². The van der Waals surface area contributed by atoms with Crippen molar-refractivity contribution in [3.8, 4) is 5.75 Å². The number of hydrogen-bond donors (Lipinski definition) is 0. The zero-order valence-electron chi connectivity index (χ0n) is 12.6. The number of benzene rings is 1. The number of carbonyl (C=O) groups excluding carboxylic acids is 1. The molecular weight excluding hydrogens is 371 g/mol. The average molecular weight is 382 g/mol. The third kappa shape index (κ3) is 4.32. The average Bonchev–Trinajstić information content (AvgIpc) is 2.50. The van der Waals surface area contributed by atoms with Gasteiger partial charge in [0, 0.05) is 16.1 Å². The number of esters is 1. The predicted molar refractivity (Wildman–Crippen MR) is 78.3 cm³/mol. The van der Waals surface area contributed by atoms with Gasteiger partial charge in [0.2, 0.25) is 6.10 Å². The highest BCUT2D eigenvalue weighted by Gasteiger charge is 2.49. The summed E-state index contributed by atoms with van der Waals surface area (Å²) in [5.41, 5.74) is -0.754. The number of ether oxygens (including phenoxy) is 2. The Bertz CT molecular complexity index is 734. The summed E-state index contributed by atoms with van der Waals surface area (Å²) in [4.78, 5) is 26.3. The Labute approximate surface area is 144 Å². The highest BCUT2D eigenvalue weighted by molar-refractivity contribution is 6.30. The molecule has 0 saturated carbocycles. The quantitative estimate of drug-likeness (QED) is 0.441. The first-order chi connectivity index (χ1) is 11.6. The minimum Gasteiger partial charge on any atom is -0.475 e. The van der Waals surface area contributed by atoms with E-state index in [1.807, 2.05) is 0 Å². The largest absolute Gasteiger partial charge is 0.475 e. The second kappa shape index (κ2) is 7.18. The zero-order chi connectivity index (χ0) is 18.8.